The van der Waals surface area contributed by atoms with Crippen molar-refractivity contribution in [1.29, 1.82) is 0 Å². The highest BCUT2D eigenvalue weighted by Gasteiger charge is 2.31. The fraction of sp³-hybridized carbons (Fsp3) is 0.214. The van der Waals surface area contributed by atoms with Gasteiger partial charge in [-0.05, 0) is 19.1 Å². The third kappa shape index (κ3) is 2.80. The second-order valence-electron chi connectivity index (χ2n) is 4.74. The Morgan fingerprint density at radius 3 is 3.00 bits per heavy atom. The molecule has 1 aromatic heterocycles. The van der Waals surface area contributed by atoms with Crippen molar-refractivity contribution in [2.45, 2.75) is 19.4 Å². The molecule has 8 heteroatoms. The molecule has 0 fully saturated rings. The summed E-state index contributed by atoms with van der Waals surface area (Å²) in [6.45, 7) is 1.70. The number of carbonyl (C=O) groups excluding carboxylic acids is 1. The Labute approximate surface area is 129 Å². The lowest BCUT2D eigenvalue weighted by atomic mass is 10.0. The summed E-state index contributed by atoms with van der Waals surface area (Å²) < 4.78 is 18.7. The van der Waals surface area contributed by atoms with Crippen molar-refractivity contribution in [2.75, 3.05) is 5.32 Å². The minimum atomic E-state index is -0.873. The molecule has 1 atom stereocenters. The van der Waals surface area contributed by atoms with Crippen molar-refractivity contribution in [3.05, 3.63) is 46.4 Å². The van der Waals surface area contributed by atoms with Crippen LogP contribution in [0, 0.1) is 12.7 Å². The van der Waals surface area contributed by atoms with Gasteiger partial charge in [-0.2, -0.15) is 0 Å². The van der Waals surface area contributed by atoms with Crippen LogP contribution in [0.15, 0.2) is 33.9 Å². The molecule has 1 amide bonds. The van der Waals surface area contributed by atoms with Crippen LogP contribution in [0.1, 0.15) is 17.7 Å². The average Bonchev–Trinajstić information content (AvgIpc) is 3.08. The summed E-state index contributed by atoms with van der Waals surface area (Å²) in [5.74, 6) is -0.108. The molecule has 3 rings (SSSR count). The molecule has 0 saturated heterocycles. The molecular weight excluding hydrogens is 313 g/mol. The summed E-state index contributed by atoms with van der Waals surface area (Å²) in [5, 5.41) is 10.2. The molecule has 0 unspecified atom stereocenters. The highest BCUT2D eigenvalue weighted by molar-refractivity contribution is 6.34. The van der Waals surface area contributed by atoms with E-state index in [2.05, 4.69) is 15.6 Å². The number of nitrogens with one attached hydrogen (secondary N) is 1. The molecule has 2 aromatic rings. The van der Waals surface area contributed by atoms with Gasteiger partial charge in [0.1, 0.15) is 11.6 Å². The third-order valence-corrected chi connectivity index (χ3v) is 3.41. The zero-order valence-corrected chi connectivity index (χ0v) is 12.2. The van der Waals surface area contributed by atoms with Crippen molar-refractivity contribution >= 4 is 29.0 Å². The van der Waals surface area contributed by atoms with E-state index in [1.54, 1.807) is 19.1 Å². The molecular formula is C14H11ClFN3O3. The Kier molecular flexibility index (Phi) is 3.81. The minimum Gasteiger partial charge on any atom is -0.382 e. The summed E-state index contributed by atoms with van der Waals surface area (Å²) in [6.07, 6.45) is -0.758. The lowest BCUT2D eigenvalue weighted by Crippen LogP contribution is -2.28. The lowest BCUT2D eigenvalue weighted by Gasteiger charge is -2.07. The number of aromatic nitrogens is 1. The van der Waals surface area contributed by atoms with Crippen LogP contribution >= 0.6 is 11.6 Å². The van der Waals surface area contributed by atoms with Gasteiger partial charge in [0.15, 0.2) is 5.82 Å². The van der Waals surface area contributed by atoms with Gasteiger partial charge in [0, 0.05) is 12.5 Å². The SMILES string of the molecule is Cc1cc(NC(=O)[C@@H]2CC(c3c(F)cccc3Cl)=NO2)no1. The van der Waals surface area contributed by atoms with Crippen LogP contribution in [0.4, 0.5) is 10.2 Å². The van der Waals surface area contributed by atoms with Crippen molar-refractivity contribution in [1.82, 2.24) is 5.16 Å². The van der Waals surface area contributed by atoms with Crippen LogP contribution in [-0.2, 0) is 9.63 Å². The molecule has 1 aliphatic rings. The first-order valence-corrected chi connectivity index (χ1v) is 6.83. The van der Waals surface area contributed by atoms with Gasteiger partial charge in [-0.25, -0.2) is 4.39 Å². The second-order valence-corrected chi connectivity index (χ2v) is 5.15. The number of anilines is 1. The molecule has 0 bridgehead atoms. The maximum atomic E-state index is 13.8. The van der Waals surface area contributed by atoms with Gasteiger partial charge in [-0.3, -0.25) is 4.79 Å². The topological polar surface area (TPSA) is 76.7 Å². The number of halogens is 2. The Morgan fingerprint density at radius 1 is 1.50 bits per heavy atom. The first-order valence-electron chi connectivity index (χ1n) is 6.46. The quantitative estimate of drug-likeness (QED) is 0.942. The summed E-state index contributed by atoms with van der Waals surface area (Å²) in [6, 6.07) is 5.89. The van der Waals surface area contributed by atoms with Gasteiger partial charge in [0.2, 0.25) is 6.10 Å². The zero-order valence-electron chi connectivity index (χ0n) is 11.5. The number of hydrogen-bond acceptors (Lipinski definition) is 5. The zero-order chi connectivity index (χ0) is 15.7. The highest BCUT2D eigenvalue weighted by Crippen LogP contribution is 2.26. The molecule has 0 aliphatic carbocycles. The number of amides is 1. The maximum absolute atomic E-state index is 13.8. The van der Waals surface area contributed by atoms with Crippen molar-refractivity contribution in [2.24, 2.45) is 5.16 Å². The molecule has 114 valence electrons. The summed E-state index contributed by atoms with van der Waals surface area (Å²) in [4.78, 5) is 17.1. The Morgan fingerprint density at radius 2 is 2.32 bits per heavy atom. The molecule has 0 spiro atoms. The van der Waals surface area contributed by atoms with E-state index in [0.29, 0.717) is 11.5 Å². The Balaban J connectivity index is 1.70. The van der Waals surface area contributed by atoms with Crippen molar-refractivity contribution < 1.29 is 18.5 Å². The van der Waals surface area contributed by atoms with Gasteiger partial charge in [0.25, 0.3) is 5.91 Å². The summed E-state index contributed by atoms with van der Waals surface area (Å²) >= 11 is 5.97. The number of hydrogen-bond donors (Lipinski definition) is 1. The molecule has 0 saturated carbocycles. The van der Waals surface area contributed by atoms with E-state index in [4.69, 9.17) is 21.0 Å². The first-order chi connectivity index (χ1) is 10.5. The number of oxime groups is 1. The number of nitrogens with zero attached hydrogens (tertiary/aromatic N) is 2. The van der Waals surface area contributed by atoms with Crippen LogP contribution in [0.25, 0.3) is 0 Å². The number of benzene rings is 1. The number of aryl methyl sites for hydroxylation is 1. The smallest absolute Gasteiger partial charge is 0.269 e. The van der Waals surface area contributed by atoms with Crippen molar-refractivity contribution in [3.8, 4) is 0 Å². The van der Waals surface area contributed by atoms with Gasteiger partial charge in [0.05, 0.1) is 16.3 Å². The van der Waals surface area contributed by atoms with E-state index in [0.717, 1.165) is 0 Å². The number of carbonyl (C=O) groups is 1. The third-order valence-electron chi connectivity index (χ3n) is 3.09. The minimum absolute atomic E-state index is 0.114. The van der Waals surface area contributed by atoms with E-state index in [-0.39, 0.29) is 22.8 Å². The van der Waals surface area contributed by atoms with Gasteiger partial charge < -0.3 is 14.7 Å². The van der Waals surface area contributed by atoms with E-state index < -0.39 is 17.8 Å². The average molecular weight is 324 g/mol. The van der Waals surface area contributed by atoms with E-state index in [1.807, 2.05) is 0 Å². The maximum Gasteiger partial charge on any atom is 0.269 e. The van der Waals surface area contributed by atoms with Crippen LogP contribution in [-0.4, -0.2) is 22.9 Å². The number of rotatable bonds is 3. The lowest BCUT2D eigenvalue weighted by molar-refractivity contribution is -0.125. The van der Waals surface area contributed by atoms with Crippen molar-refractivity contribution in [3.63, 3.8) is 0 Å². The molecule has 1 aromatic carbocycles. The van der Waals surface area contributed by atoms with Gasteiger partial charge in [-0.15, -0.1) is 0 Å². The van der Waals surface area contributed by atoms with Crippen LogP contribution in [0.5, 0.6) is 0 Å². The summed E-state index contributed by atoms with van der Waals surface area (Å²) in [7, 11) is 0. The van der Waals surface area contributed by atoms with E-state index in [9.17, 15) is 9.18 Å². The molecule has 2 heterocycles. The standard InChI is InChI=1S/C14H11ClFN3O3/c1-7-5-12(19-21-7)17-14(20)11-6-10(18-22-11)13-8(15)3-2-4-9(13)16/h2-5,11H,6H2,1H3,(H,17,19,20)/t11-/m0/s1. The first kappa shape index (κ1) is 14.5. The largest absolute Gasteiger partial charge is 0.382 e. The predicted octanol–water partition coefficient (Wildman–Crippen LogP) is 2.91. The molecule has 22 heavy (non-hydrogen) atoms. The molecule has 0 radical (unpaired) electrons. The van der Waals surface area contributed by atoms with Crippen LogP contribution < -0.4 is 5.32 Å². The van der Waals surface area contributed by atoms with E-state index in [1.165, 1.54) is 12.1 Å². The molecule has 1 N–H and O–H groups in total. The predicted molar refractivity (Wildman–Crippen MR) is 77.3 cm³/mol. The van der Waals surface area contributed by atoms with Gasteiger partial charge >= 0.3 is 0 Å². The molecule has 6 nitrogen and oxygen atoms in total. The van der Waals surface area contributed by atoms with Crippen LogP contribution in [0.3, 0.4) is 0 Å². The fourth-order valence-electron chi connectivity index (χ4n) is 2.07. The Bertz CT molecular complexity index is 739. The highest BCUT2D eigenvalue weighted by atomic mass is 35.5. The van der Waals surface area contributed by atoms with Gasteiger partial charge in [-0.1, -0.05) is 28.0 Å². The van der Waals surface area contributed by atoms with E-state index >= 15 is 0 Å². The Hall–Kier alpha value is -2.41. The molecule has 1 aliphatic heterocycles. The monoisotopic (exact) mass is 323 g/mol. The normalized spacial score (nSPS) is 17.0. The summed E-state index contributed by atoms with van der Waals surface area (Å²) in [5.41, 5.74) is 0.441. The fourth-order valence-corrected chi connectivity index (χ4v) is 2.34. The second kappa shape index (κ2) is 5.76. The van der Waals surface area contributed by atoms with Crippen LogP contribution in [0.2, 0.25) is 5.02 Å².